The molecule has 4 aliphatic rings. The van der Waals surface area contributed by atoms with E-state index in [0.29, 0.717) is 59.4 Å². The van der Waals surface area contributed by atoms with Crippen LogP contribution in [-0.4, -0.2) is 89.5 Å². The van der Waals surface area contributed by atoms with Crippen molar-refractivity contribution in [2.75, 3.05) is 45.2 Å². The smallest absolute Gasteiger partial charge is 0.318 e. The summed E-state index contributed by atoms with van der Waals surface area (Å²) in [5, 5.41) is 11.9. The molecule has 4 atom stereocenters. The van der Waals surface area contributed by atoms with Gasteiger partial charge in [0.1, 0.15) is 29.1 Å². The molecular weight excluding hydrogens is 591 g/mol. The summed E-state index contributed by atoms with van der Waals surface area (Å²) in [6, 6.07) is 10.5. The minimum atomic E-state index is -0.856. The van der Waals surface area contributed by atoms with Gasteiger partial charge in [-0.2, -0.15) is 9.97 Å². The first kappa shape index (κ1) is 29.4. The molecule has 4 aromatic rings. The van der Waals surface area contributed by atoms with E-state index in [1.165, 1.54) is 38.2 Å². The third-order valence-corrected chi connectivity index (χ3v) is 10.1. The molecule has 0 saturated carbocycles. The summed E-state index contributed by atoms with van der Waals surface area (Å²) in [5.41, 5.74) is -0.200. The fraction of sp³-hybridized carbons (Fsp3) is 0.455. The summed E-state index contributed by atoms with van der Waals surface area (Å²) in [5.74, 6) is -1.30. The van der Waals surface area contributed by atoms with Gasteiger partial charge in [0, 0.05) is 59.1 Å². The molecule has 1 aromatic heterocycles. The fourth-order valence-corrected chi connectivity index (χ4v) is 7.90. The van der Waals surface area contributed by atoms with Gasteiger partial charge in [-0.1, -0.05) is 23.7 Å². The Labute approximate surface area is 259 Å². The predicted octanol–water partition coefficient (Wildman–Crippen LogP) is 6.57. The van der Waals surface area contributed by atoms with Crippen LogP contribution >= 0.6 is 11.6 Å². The van der Waals surface area contributed by atoms with E-state index in [9.17, 15) is 9.50 Å². The van der Waals surface area contributed by atoms with E-state index < -0.39 is 17.8 Å². The SMILES string of the molecule is COc1nc(N2CC3CCC(C2)N3C)c2cc(F)c(-c3cc(O)cc4cccc(Cl)c34)c(F)c2n1.FC1CC2CCCN2C1. The Morgan fingerprint density at radius 2 is 1.77 bits per heavy atom. The number of nitrogens with zero attached hydrogens (tertiary/aromatic N) is 5. The monoisotopic (exact) mass is 625 g/mol. The van der Waals surface area contributed by atoms with Crippen molar-refractivity contribution in [2.24, 2.45) is 0 Å². The topological polar surface area (TPSA) is 65.0 Å². The highest BCUT2D eigenvalue weighted by Gasteiger charge is 2.39. The van der Waals surface area contributed by atoms with Crippen molar-refractivity contribution in [3.8, 4) is 22.9 Å². The number of phenolic OH excluding ortho intramolecular Hbond substituents is 1. The number of benzene rings is 3. The highest BCUT2D eigenvalue weighted by atomic mass is 35.5. The molecule has 4 aliphatic heterocycles. The predicted molar refractivity (Wildman–Crippen MR) is 167 cm³/mol. The summed E-state index contributed by atoms with van der Waals surface area (Å²) in [6.45, 7) is 3.27. The zero-order chi connectivity index (χ0) is 30.7. The van der Waals surface area contributed by atoms with Crippen LogP contribution in [-0.2, 0) is 0 Å². The van der Waals surface area contributed by atoms with Crippen LogP contribution in [0.1, 0.15) is 32.1 Å². The molecule has 44 heavy (non-hydrogen) atoms. The minimum absolute atomic E-state index is 0.00836. The van der Waals surface area contributed by atoms with Crippen LogP contribution in [0.4, 0.5) is 19.0 Å². The molecule has 11 heteroatoms. The number of anilines is 1. The van der Waals surface area contributed by atoms with E-state index in [1.54, 1.807) is 18.2 Å². The van der Waals surface area contributed by atoms with Gasteiger partial charge in [-0.15, -0.1) is 0 Å². The summed E-state index contributed by atoms with van der Waals surface area (Å²) >= 11 is 6.42. The molecule has 3 aromatic carbocycles. The maximum absolute atomic E-state index is 16.2. The van der Waals surface area contributed by atoms with E-state index in [-0.39, 0.29) is 33.8 Å². The van der Waals surface area contributed by atoms with Crippen LogP contribution in [0.15, 0.2) is 36.4 Å². The molecule has 5 heterocycles. The molecular formula is C33H35ClF3N5O2. The van der Waals surface area contributed by atoms with Crippen molar-refractivity contribution in [3.63, 3.8) is 0 Å². The molecule has 0 amide bonds. The summed E-state index contributed by atoms with van der Waals surface area (Å²) in [6.07, 6.45) is 4.97. The number of piperazine rings is 1. The van der Waals surface area contributed by atoms with Gasteiger partial charge in [0.25, 0.3) is 0 Å². The third-order valence-electron chi connectivity index (χ3n) is 9.81. The molecule has 2 bridgehead atoms. The first-order valence-corrected chi connectivity index (χ1v) is 15.6. The lowest BCUT2D eigenvalue weighted by molar-refractivity contribution is 0.212. The van der Waals surface area contributed by atoms with Crippen molar-refractivity contribution in [1.82, 2.24) is 19.8 Å². The number of methoxy groups -OCH3 is 1. The number of rotatable bonds is 3. The highest BCUT2D eigenvalue weighted by Crippen LogP contribution is 2.42. The van der Waals surface area contributed by atoms with Crippen molar-refractivity contribution >= 4 is 39.1 Å². The second kappa shape index (κ2) is 11.5. The summed E-state index contributed by atoms with van der Waals surface area (Å²) in [7, 11) is 3.54. The van der Waals surface area contributed by atoms with Crippen LogP contribution < -0.4 is 9.64 Å². The van der Waals surface area contributed by atoms with Crippen molar-refractivity contribution < 1.29 is 23.0 Å². The Kier molecular flexibility index (Phi) is 7.71. The molecule has 0 aliphatic carbocycles. The number of likely N-dealkylation sites (N-methyl/N-ethyl adjacent to an activating group) is 1. The van der Waals surface area contributed by atoms with Crippen molar-refractivity contribution in [3.05, 3.63) is 53.1 Å². The average Bonchev–Trinajstić information content (AvgIpc) is 3.62. The number of halogens is 4. The minimum Gasteiger partial charge on any atom is -0.508 e. The molecule has 0 spiro atoms. The van der Waals surface area contributed by atoms with E-state index >= 15 is 8.78 Å². The molecule has 0 radical (unpaired) electrons. The Morgan fingerprint density at radius 3 is 2.50 bits per heavy atom. The first-order valence-electron chi connectivity index (χ1n) is 15.2. The van der Waals surface area contributed by atoms with Gasteiger partial charge < -0.3 is 14.7 Å². The number of fused-ring (bicyclic) bond motifs is 5. The van der Waals surface area contributed by atoms with Crippen LogP contribution in [0.3, 0.4) is 0 Å². The number of hydrogen-bond donors (Lipinski definition) is 1. The van der Waals surface area contributed by atoms with Crippen molar-refractivity contribution in [2.45, 2.75) is 56.4 Å². The largest absolute Gasteiger partial charge is 0.508 e. The lowest BCUT2D eigenvalue weighted by Crippen LogP contribution is -2.52. The Bertz CT molecular complexity index is 1720. The van der Waals surface area contributed by atoms with Crippen LogP contribution in [0.25, 0.3) is 32.8 Å². The van der Waals surface area contributed by atoms with Gasteiger partial charge in [0.2, 0.25) is 0 Å². The van der Waals surface area contributed by atoms with Gasteiger partial charge in [-0.3, -0.25) is 9.80 Å². The fourth-order valence-electron chi connectivity index (χ4n) is 7.62. The van der Waals surface area contributed by atoms with Crippen LogP contribution in [0, 0.1) is 11.6 Å². The van der Waals surface area contributed by atoms with Gasteiger partial charge >= 0.3 is 6.01 Å². The lowest BCUT2D eigenvalue weighted by Gasteiger charge is -2.39. The lowest BCUT2D eigenvalue weighted by atomic mass is 9.95. The first-order chi connectivity index (χ1) is 21.2. The van der Waals surface area contributed by atoms with Gasteiger partial charge in [-0.25, -0.2) is 13.2 Å². The van der Waals surface area contributed by atoms with Gasteiger partial charge in [0.05, 0.1) is 12.7 Å². The average molecular weight is 626 g/mol. The Hall–Kier alpha value is -3.34. The van der Waals surface area contributed by atoms with E-state index in [2.05, 4.69) is 31.7 Å². The molecule has 4 saturated heterocycles. The van der Waals surface area contributed by atoms with Gasteiger partial charge in [-0.05, 0) is 75.3 Å². The maximum atomic E-state index is 16.2. The normalized spacial score (nSPS) is 25.0. The standard InChI is InChI=1S/C26H23ClF2N4O2.C7H12FN/c1-32-14-6-7-15(32)12-33(11-14)25-18-10-20(28)22(23(29)24(18)30-26(31-25)35-2)17-9-16(34)8-13-4-3-5-19(27)21(13)17;8-6-4-7-2-1-3-9(7)5-6/h3-5,8-10,14-15,34H,6-7,11-12H2,1-2H3;6-7H,1-5H2. The quantitative estimate of drug-likeness (QED) is 0.276. The number of aromatic hydroxyl groups is 1. The number of hydrogen-bond acceptors (Lipinski definition) is 7. The maximum Gasteiger partial charge on any atom is 0.318 e. The molecule has 1 N–H and O–H groups in total. The molecule has 4 fully saturated rings. The third kappa shape index (κ3) is 5.10. The number of phenols is 1. The Balaban J connectivity index is 0.000000296. The number of ether oxygens (including phenoxy) is 1. The molecule has 232 valence electrons. The van der Waals surface area contributed by atoms with Crippen LogP contribution in [0.5, 0.6) is 11.8 Å². The van der Waals surface area contributed by atoms with Crippen molar-refractivity contribution in [1.29, 1.82) is 0 Å². The zero-order valence-corrected chi connectivity index (χ0v) is 25.5. The van der Waals surface area contributed by atoms with Crippen LogP contribution in [0.2, 0.25) is 5.02 Å². The van der Waals surface area contributed by atoms with Gasteiger partial charge in [0.15, 0.2) is 5.82 Å². The summed E-state index contributed by atoms with van der Waals surface area (Å²) < 4.78 is 49.8. The zero-order valence-electron chi connectivity index (χ0n) is 24.7. The molecule has 4 unspecified atom stereocenters. The highest BCUT2D eigenvalue weighted by molar-refractivity contribution is 6.36. The van der Waals surface area contributed by atoms with E-state index in [1.807, 2.05) is 0 Å². The number of aromatic nitrogens is 2. The summed E-state index contributed by atoms with van der Waals surface area (Å²) in [4.78, 5) is 15.5. The molecule has 7 nitrogen and oxygen atoms in total. The van der Waals surface area contributed by atoms with E-state index in [0.717, 1.165) is 25.8 Å². The number of alkyl halides is 1. The molecule has 8 rings (SSSR count). The van der Waals surface area contributed by atoms with E-state index in [4.69, 9.17) is 16.3 Å². The Morgan fingerprint density at radius 1 is 1.00 bits per heavy atom. The second-order valence-corrected chi connectivity index (χ2v) is 12.8. The second-order valence-electron chi connectivity index (χ2n) is 12.4.